The van der Waals surface area contributed by atoms with E-state index in [0.717, 1.165) is 5.56 Å². The molecular weight excluding hydrogens is 303 g/mol. The highest BCUT2D eigenvalue weighted by Gasteiger charge is 2.20. The van der Waals surface area contributed by atoms with Gasteiger partial charge in [0.1, 0.15) is 0 Å². The summed E-state index contributed by atoms with van der Waals surface area (Å²) in [5.41, 5.74) is 0.811. The van der Waals surface area contributed by atoms with Crippen LogP contribution in [0.2, 0.25) is 10.0 Å². The lowest BCUT2D eigenvalue weighted by atomic mass is 10.2. The van der Waals surface area contributed by atoms with E-state index in [2.05, 4.69) is 5.32 Å². The molecule has 2 rings (SSSR count). The second-order valence-electron chi connectivity index (χ2n) is 4.45. The Morgan fingerprint density at radius 3 is 2.75 bits per heavy atom. The molecule has 7 heteroatoms. The van der Waals surface area contributed by atoms with E-state index in [1.165, 1.54) is 4.90 Å². The fraction of sp³-hybridized carbons (Fsp3) is 0.462. The molecule has 0 saturated carbocycles. The van der Waals surface area contributed by atoms with E-state index in [0.29, 0.717) is 36.3 Å². The first-order valence-corrected chi connectivity index (χ1v) is 6.98. The van der Waals surface area contributed by atoms with Gasteiger partial charge in [-0.2, -0.15) is 0 Å². The van der Waals surface area contributed by atoms with Crippen LogP contribution in [0.4, 0.5) is 4.79 Å². The van der Waals surface area contributed by atoms with Crippen LogP contribution in [-0.4, -0.2) is 44.0 Å². The lowest BCUT2D eigenvalue weighted by Gasteiger charge is -2.20. The summed E-state index contributed by atoms with van der Waals surface area (Å²) in [7, 11) is 1.68. The van der Waals surface area contributed by atoms with Crippen molar-refractivity contribution in [3.05, 3.63) is 33.8 Å². The standard InChI is InChI=1S/C13H16Cl2N2O3/c1-17(8-12-19-4-5-20-12)13(18)16-7-9-2-3-10(14)6-11(9)15/h2-3,6,12H,4-5,7-8H2,1H3,(H,16,18). The third-order valence-corrected chi connectivity index (χ3v) is 3.49. The van der Waals surface area contributed by atoms with Gasteiger partial charge in [-0.3, -0.25) is 0 Å². The van der Waals surface area contributed by atoms with Crippen molar-refractivity contribution in [2.75, 3.05) is 26.8 Å². The zero-order valence-electron chi connectivity index (χ0n) is 11.1. The smallest absolute Gasteiger partial charge is 0.317 e. The quantitative estimate of drug-likeness (QED) is 0.928. The maximum atomic E-state index is 11.9. The van der Waals surface area contributed by atoms with Gasteiger partial charge < -0.3 is 19.7 Å². The lowest BCUT2D eigenvalue weighted by molar-refractivity contribution is -0.0524. The van der Waals surface area contributed by atoms with Crippen molar-refractivity contribution in [2.24, 2.45) is 0 Å². The largest absolute Gasteiger partial charge is 0.348 e. The summed E-state index contributed by atoms with van der Waals surface area (Å²) in [5, 5.41) is 3.88. The van der Waals surface area contributed by atoms with Crippen molar-refractivity contribution in [1.29, 1.82) is 0 Å². The molecule has 0 unspecified atom stereocenters. The number of hydrogen-bond donors (Lipinski definition) is 1. The highest BCUT2D eigenvalue weighted by atomic mass is 35.5. The molecule has 1 aliphatic rings. The molecule has 0 bridgehead atoms. The summed E-state index contributed by atoms with van der Waals surface area (Å²) in [4.78, 5) is 13.4. The Balaban J connectivity index is 1.81. The zero-order valence-corrected chi connectivity index (χ0v) is 12.6. The van der Waals surface area contributed by atoms with Gasteiger partial charge in [0.25, 0.3) is 0 Å². The Bertz CT molecular complexity index is 479. The van der Waals surface area contributed by atoms with Crippen LogP contribution >= 0.6 is 23.2 Å². The van der Waals surface area contributed by atoms with Gasteiger partial charge in [-0.05, 0) is 17.7 Å². The fourth-order valence-corrected chi connectivity index (χ4v) is 2.27. The minimum atomic E-state index is -0.343. The van der Waals surface area contributed by atoms with Crippen LogP contribution in [0.15, 0.2) is 18.2 Å². The fourth-order valence-electron chi connectivity index (χ4n) is 1.79. The predicted molar refractivity (Wildman–Crippen MR) is 77.0 cm³/mol. The van der Waals surface area contributed by atoms with Crippen LogP contribution in [0, 0.1) is 0 Å². The molecule has 0 aliphatic carbocycles. The van der Waals surface area contributed by atoms with Crippen molar-refractivity contribution >= 4 is 29.2 Å². The van der Waals surface area contributed by atoms with Crippen molar-refractivity contribution in [3.8, 4) is 0 Å². The third-order valence-electron chi connectivity index (χ3n) is 2.91. The Labute approximate surface area is 127 Å². The summed E-state index contributed by atoms with van der Waals surface area (Å²) >= 11 is 11.9. The van der Waals surface area contributed by atoms with Crippen molar-refractivity contribution < 1.29 is 14.3 Å². The molecular formula is C13H16Cl2N2O3. The molecule has 0 atom stereocenters. The van der Waals surface area contributed by atoms with Gasteiger partial charge in [0.2, 0.25) is 0 Å². The van der Waals surface area contributed by atoms with Gasteiger partial charge >= 0.3 is 6.03 Å². The highest BCUT2D eigenvalue weighted by Crippen LogP contribution is 2.20. The molecule has 20 heavy (non-hydrogen) atoms. The van der Waals surface area contributed by atoms with Gasteiger partial charge in [0.15, 0.2) is 6.29 Å². The molecule has 5 nitrogen and oxygen atoms in total. The van der Waals surface area contributed by atoms with E-state index >= 15 is 0 Å². The molecule has 0 aromatic heterocycles. The van der Waals surface area contributed by atoms with Gasteiger partial charge in [0.05, 0.1) is 19.8 Å². The summed E-state index contributed by atoms with van der Waals surface area (Å²) in [6, 6.07) is 4.96. The number of hydrogen-bond acceptors (Lipinski definition) is 3. The average Bonchev–Trinajstić information content (AvgIpc) is 2.90. The maximum Gasteiger partial charge on any atom is 0.317 e. The van der Waals surface area contributed by atoms with Crippen LogP contribution < -0.4 is 5.32 Å². The number of amides is 2. The normalized spacial score (nSPS) is 15.3. The Hall–Kier alpha value is -1.01. The Morgan fingerprint density at radius 2 is 2.10 bits per heavy atom. The van der Waals surface area contributed by atoms with Crippen LogP contribution in [-0.2, 0) is 16.0 Å². The topological polar surface area (TPSA) is 50.8 Å². The number of benzene rings is 1. The number of nitrogens with one attached hydrogen (secondary N) is 1. The van der Waals surface area contributed by atoms with Gasteiger partial charge in [-0.15, -0.1) is 0 Å². The molecule has 1 N–H and O–H groups in total. The van der Waals surface area contributed by atoms with Crippen molar-refractivity contribution in [1.82, 2.24) is 10.2 Å². The Kier molecular flexibility index (Phi) is 5.48. The third kappa shape index (κ3) is 4.24. The first-order valence-electron chi connectivity index (χ1n) is 6.22. The molecule has 110 valence electrons. The van der Waals surface area contributed by atoms with Gasteiger partial charge in [-0.25, -0.2) is 4.79 Å². The number of ether oxygens (including phenoxy) is 2. The number of carbonyl (C=O) groups excluding carboxylic acids is 1. The number of likely N-dealkylation sites (N-methyl/N-ethyl adjacent to an activating group) is 1. The second-order valence-corrected chi connectivity index (χ2v) is 5.29. The molecule has 2 amide bonds. The second kappa shape index (κ2) is 7.13. The number of carbonyl (C=O) groups is 1. The average molecular weight is 319 g/mol. The summed E-state index contributed by atoms with van der Waals surface area (Å²) in [6.07, 6.45) is -0.343. The van der Waals surface area contributed by atoms with E-state index in [1.807, 2.05) is 0 Å². The number of nitrogens with zero attached hydrogens (tertiary/aromatic N) is 1. The zero-order chi connectivity index (χ0) is 14.5. The molecule has 1 fully saturated rings. The molecule has 1 saturated heterocycles. The minimum Gasteiger partial charge on any atom is -0.348 e. The van der Waals surface area contributed by atoms with Gasteiger partial charge in [0, 0.05) is 23.6 Å². The van der Waals surface area contributed by atoms with Crippen LogP contribution in [0.3, 0.4) is 0 Å². The van der Waals surface area contributed by atoms with E-state index < -0.39 is 0 Å². The molecule has 1 aromatic rings. The Morgan fingerprint density at radius 1 is 1.40 bits per heavy atom. The monoisotopic (exact) mass is 318 g/mol. The molecule has 1 aromatic carbocycles. The number of rotatable bonds is 4. The highest BCUT2D eigenvalue weighted by molar-refractivity contribution is 6.35. The summed E-state index contributed by atoms with van der Waals surface area (Å²) in [6.45, 7) is 1.87. The summed E-state index contributed by atoms with van der Waals surface area (Å²) in [5.74, 6) is 0. The molecule has 1 aliphatic heterocycles. The van der Waals surface area contributed by atoms with Crippen molar-refractivity contribution in [2.45, 2.75) is 12.8 Å². The summed E-state index contributed by atoms with van der Waals surface area (Å²) < 4.78 is 10.6. The van der Waals surface area contributed by atoms with E-state index in [4.69, 9.17) is 32.7 Å². The van der Waals surface area contributed by atoms with Crippen LogP contribution in [0.5, 0.6) is 0 Å². The first-order chi connectivity index (χ1) is 9.56. The predicted octanol–water partition coefficient (Wildman–Crippen LogP) is 2.51. The van der Waals surface area contributed by atoms with Crippen LogP contribution in [0.25, 0.3) is 0 Å². The lowest BCUT2D eigenvalue weighted by Crippen LogP contribution is -2.41. The van der Waals surface area contributed by atoms with Gasteiger partial charge in [-0.1, -0.05) is 29.3 Å². The maximum absolute atomic E-state index is 11.9. The molecule has 0 radical (unpaired) electrons. The van der Waals surface area contributed by atoms with E-state index in [1.54, 1.807) is 25.2 Å². The van der Waals surface area contributed by atoms with Crippen LogP contribution in [0.1, 0.15) is 5.56 Å². The minimum absolute atomic E-state index is 0.213. The number of urea groups is 1. The molecule has 1 heterocycles. The van der Waals surface area contributed by atoms with E-state index in [9.17, 15) is 4.79 Å². The number of halogens is 2. The first kappa shape index (κ1) is 15.4. The van der Waals surface area contributed by atoms with E-state index in [-0.39, 0.29) is 12.3 Å². The van der Waals surface area contributed by atoms with Crippen molar-refractivity contribution in [3.63, 3.8) is 0 Å². The SMILES string of the molecule is CN(CC1OCCO1)C(=O)NCc1ccc(Cl)cc1Cl. The molecule has 0 spiro atoms.